The number of carbonyl (C=O) groups excluding carboxylic acids is 2. The van der Waals surface area contributed by atoms with Crippen molar-refractivity contribution in [3.05, 3.63) is 65.7 Å². The van der Waals surface area contributed by atoms with Crippen LogP contribution in [0, 0.1) is 0 Å². The van der Waals surface area contributed by atoms with E-state index in [-0.39, 0.29) is 24.6 Å². The van der Waals surface area contributed by atoms with E-state index in [4.69, 9.17) is 9.84 Å². The Bertz CT molecular complexity index is 806. The number of nitrogens with one attached hydrogen (secondary N) is 1. The van der Waals surface area contributed by atoms with Crippen LogP contribution in [0.1, 0.15) is 15.9 Å². The Balaban J connectivity index is 1.52. The highest BCUT2D eigenvalue weighted by Gasteiger charge is 2.39. The molecule has 7 heteroatoms. The van der Waals surface area contributed by atoms with Crippen LogP contribution in [0.15, 0.2) is 54.6 Å². The largest absolute Gasteiger partial charge is 0.478 e. The van der Waals surface area contributed by atoms with E-state index in [1.807, 2.05) is 30.3 Å². The number of benzene rings is 2. The van der Waals surface area contributed by atoms with Gasteiger partial charge in [0.2, 0.25) is 0 Å². The van der Waals surface area contributed by atoms with E-state index >= 15 is 0 Å². The standard InChI is InChI=1S/C18H16N2O5/c21-16-15(19-18(24)25-11-12-5-2-1-3-6-12)10-20(16)14-8-4-7-13(9-14)17(22)23/h1-9,15H,10-11H2,(H,19,24)(H,22,23). The lowest BCUT2D eigenvalue weighted by Gasteiger charge is -2.38. The van der Waals surface area contributed by atoms with Crippen LogP contribution in [0.3, 0.4) is 0 Å². The summed E-state index contributed by atoms with van der Waals surface area (Å²) in [7, 11) is 0. The molecule has 0 aromatic heterocycles. The topological polar surface area (TPSA) is 95.9 Å². The van der Waals surface area contributed by atoms with Crippen molar-refractivity contribution in [1.29, 1.82) is 0 Å². The minimum Gasteiger partial charge on any atom is -0.478 e. The Labute approximate surface area is 143 Å². The molecule has 2 aromatic carbocycles. The van der Waals surface area contributed by atoms with Crippen molar-refractivity contribution < 1.29 is 24.2 Å². The molecule has 1 fully saturated rings. The van der Waals surface area contributed by atoms with Crippen LogP contribution in [0.4, 0.5) is 10.5 Å². The van der Waals surface area contributed by atoms with Gasteiger partial charge in [0.1, 0.15) is 12.6 Å². The quantitative estimate of drug-likeness (QED) is 0.812. The number of rotatable bonds is 5. The van der Waals surface area contributed by atoms with Crippen molar-refractivity contribution in [1.82, 2.24) is 5.32 Å². The van der Waals surface area contributed by atoms with Crippen LogP contribution >= 0.6 is 0 Å². The minimum absolute atomic E-state index is 0.101. The molecule has 1 aliphatic rings. The summed E-state index contributed by atoms with van der Waals surface area (Å²) >= 11 is 0. The van der Waals surface area contributed by atoms with Crippen molar-refractivity contribution in [2.45, 2.75) is 12.6 Å². The Kier molecular flexibility index (Phi) is 4.65. The predicted molar refractivity (Wildman–Crippen MR) is 89.3 cm³/mol. The lowest BCUT2D eigenvalue weighted by atomic mass is 10.1. The van der Waals surface area contributed by atoms with Crippen LogP contribution in [-0.2, 0) is 16.1 Å². The first-order valence-electron chi connectivity index (χ1n) is 7.66. The summed E-state index contributed by atoms with van der Waals surface area (Å²) in [5.74, 6) is -1.37. The van der Waals surface area contributed by atoms with Crippen molar-refractivity contribution in [2.75, 3.05) is 11.4 Å². The molecule has 0 bridgehead atoms. The molecule has 1 saturated heterocycles. The second kappa shape index (κ2) is 7.04. The molecule has 1 unspecified atom stereocenters. The van der Waals surface area contributed by atoms with Crippen LogP contribution < -0.4 is 10.2 Å². The normalized spacial score (nSPS) is 16.1. The molecule has 2 amide bonds. The molecule has 25 heavy (non-hydrogen) atoms. The van der Waals surface area contributed by atoms with Gasteiger partial charge in [-0.2, -0.15) is 0 Å². The van der Waals surface area contributed by atoms with Crippen LogP contribution in [0.25, 0.3) is 0 Å². The Morgan fingerprint density at radius 1 is 1.16 bits per heavy atom. The van der Waals surface area contributed by atoms with Crippen molar-refractivity contribution in [3.8, 4) is 0 Å². The van der Waals surface area contributed by atoms with Gasteiger partial charge in [-0.05, 0) is 23.8 Å². The van der Waals surface area contributed by atoms with Crippen molar-refractivity contribution in [3.63, 3.8) is 0 Å². The molecule has 3 rings (SSSR count). The van der Waals surface area contributed by atoms with Gasteiger partial charge in [0.25, 0.3) is 5.91 Å². The highest BCUT2D eigenvalue weighted by atomic mass is 16.5. The number of carboxylic acid groups (broad SMARTS) is 1. The number of carboxylic acids is 1. The van der Waals surface area contributed by atoms with E-state index in [2.05, 4.69) is 5.32 Å². The lowest BCUT2D eigenvalue weighted by molar-refractivity contribution is -0.124. The van der Waals surface area contributed by atoms with Crippen LogP contribution in [0.5, 0.6) is 0 Å². The minimum atomic E-state index is -1.06. The molecule has 1 aliphatic heterocycles. The van der Waals surface area contributed by atoms with Crippen LogP contribution in [-0.4, -0.2) is 35.7 Å². The Morgan fingerprint density at radius 2 is 1.92 bits per heavy atom. The molecule has 0 aliphatic carbocycles. The van der Waals surface area contributed by atoms with Gasteiger partial charge in [-0.25, -0.2) is 9.59 Å². The predicted octanol–water partition coefficient (Wildman–Crippen LogP) is 2.03. The molecule has 2 N–H and O–H groups in total. The average Bonchev–Trinajstić information content (AvgIpc) is 2.63. The van der Waals surface area contributed by atoms with E-state index in [1.54, 1.807) is 12.1 Å². The molecule has 1 atom stereocenters. The Morgan fingerprint density at radius 3 is 2.60 bits per heavy atom. The van der Waals surface area contributed by atoms with Gasteiger partial charge in [-0.15, -0.1) is 0 Å². The van der Waals surface area contributed by atoms with Gasteiger partial charge in [0, 0.05) is 5.69 Å². The SMILES string of the molecule is O=C(NC1CN(c2cccc(C(=O)O)c2)C1=O)OCc1ccccc1. The third-order valence-electron chi connectivity index (χ3n) is 3.84. The highest BCUT2D eigenvalue weighted by molar-refractivity contribution is 6.06. The molecule has 0 saturated carbocycles. The van der Waals surface area contributed by atoms with Gasteiger partial charge in [0.15, 0.2) is 0 Å². The summed E-state index contributed by atoms with van der Waals surface area (Å²) in [5.41, 5.74) is 1.44. The van der Waals surface area contributed by atoms with E-state index in [0.29, 0.717) is 5.69 Å². The van der Waals surface area contributed by atoms with Crippen molar-refractivity contribution >= 4 is 23.7 Å². The van der Waals surface area contributed by atoms with Gasteiger partial charge < -0.3 is 20.1 Å². The Hall–Kier alpha value is -3.35. The smallest absolute Gasteiger partial charge is 0.408 e. The monoisotopic (exact) mass is 340 g/mol. The molecule has 2 aromatic rings. The number of alkyl carbamates (subject to hydrolysis) is 1. The fraction of sp³-hybridized carbons (Fsp3) is 0.167. The van der Waals surface area contributed by atoms with E-state index in [0.717, 1.165) is 5.56 Å². The summed E-state index contributed by atoms with van der Waals surface area (Å²) in [6, 6.07) is 14.6. The first-order valence-corrected chi connectivity index (χ1v) is 7.66. The number of anilines is 1. The molecule has 0 spiro atoms. The molecule has 1 heterocycles. The zero-order valence-corrected chi connectivity index (χ0v) is 13.2. The number of amides is 2. The first-order chi connectivity index (χ1) is 12.0. The number of hydrogen-bond acceptors (Lipinski definition) is 4. The third kappa shape index (κ3) is 3.77. The number of aromatic carboxylic acids is 1. The second-order valence-electron chi connectivity index (χ2n) is 5.56. The van der Waals surface area contributed by atoms with E-state index in [9.17, 15) is 14.4 Å². The molecule has 0 radical (unpaired) electrons. The summed E-state index contributed by atoms with van der Waals surface area (Å²) < 4.78 is 5.08. The number of hydrogen-bond donors (Lipinski definition) is 2. The maximum atomic E-state index is 12.2. The summed E-state index contributed by atoms with van der Waals surface area (Å²) in [6.45, 7) is 0.389. The number of ether oxygens (including phenoxy) is 1. The molecule has 128 valence electrons. The fourth-order valence-electron chi connectivity index (χ4n) is 2.48. The maximum Gasteiger partial charge on any atom is 0.408 e. The average molecular weight is 340 g/mol. The van der Waals surface area contributed by atoms with Gasteiger partial charge in [-0.3, -0.25) is 4.79 Å². The van der Waals surface area contributed by atoms with E-state index in [1.165, 1.54) is 17.0 Å². The van der Waals surface area contributed by atoms with Gasteiger partial charge in [0.05, 0.1) is 12.1 Å². The number of nitrogens with zero attached hydrogens (tertiary/aromatic N) is 1. The van der Waals surface area contributed by atoms with E-state index < -0.39 is 18.1 Å². The molecular weight excluding hydrogens is 324 g/mol. The zero-order valence-electron chi connectivity index (χ0n) is 13.2. The highest BCUT2D eigenvalue weighted by Crippen LogP contribution is 2.23. The summed E-state index contributed by atoms with van der Waals surface area (Å²) in [4.78, 5) is 36.3. The number of β-lactam (4-membered cyclic amide) rings is 1. The lowest BCUT2D eigenvalue weighted by Crippen LogP contribution is -2.64. The third-order valence-corrected chi connectivity index (χ3v) is 3.84. The summed E-state index contributed by atoms with van der Waals surface area (Å²) in [5, 5.41) is 11.5. The molecular formula is C18H16N2O5. The zero-order chi connectivity index (χ0) is 17.8. The van der Waals surface area contributed by atoms with Gasteiger partial charge in [-0.1, -0.05) is 36.4 Å². The maximum absolute atomic E-state index is 12.2. The van der Waals surface area contributed by atoms with Gasteiger partial charge >= 0.3 is 12.1 Å². The van der Waals surface area contributed by atoms with Crippen molar-refractivity contribution in [2.24, 2.45) is 0 Å². The number of carbonyl (C=O) groups is 3. The summed E-state index contributed by atoms with van der Waals surface area (Å²) in [6.07, 6.45) is -0.666. The second-order valence-corrected chi connectivity index (χ2v) is 5.56. The van der Waals surface area contributed by atoms with Crippen LogP contribution in [0.2, 0.25) is 0 Å². The first kappa shape index (κ1) is 16.5. The fourth-order valence-corrected chi connectivity index (χ4v) is 2.48. The molecule has 7 nitrogen and oxygen atoms in total.